The van der Waals surface area contributed by atoms with Crippen molar-refractivity contribution in [3.05, 3.63) is 0 Å². The van der Waals surface area contributed by atoms with E-state index in [0.717, 1.165) is 6.54 Å². The number of nitrogens with one attached hydrogen (secondary N) is 2. The van der Waals surface area contributed by atoms with Gasteiger partial charge in [0.15, 0.2) is 0 Å². The Labute approximate surface area is 63.4 Å². The van der Waals surface area contributed by atoms with Crippen molar-refractivity contribution in [1.29, 1.82) is 0 Å². The third kappa shape index (κ3) is 1.50. The van der Waals surface area contributed by atoms with Crippen molar-refractivity contribution in [3.8, 4) is 0 Å². The molecule has 1 aliphatic rings. The molecule has 1 aliphatic carbocycles. The molecule has 60 valence electrons. The van der Waals surface area contributed by atoms with E-state index in [1.54, 1.807) is 0 Å². The minimum Gasteiger partial charge on any atom is -0.318 e. The van der Waals surface area contributed by atoms with Gasteiger partial charge < -0.3 is 10.6 Å². The van der Waals surface area contributed by atoms with Crippen LogP contribution in [0.15, 0.2) is 0 Å². The van der Waals surface area contributed by atoms with Crippen LogP contribution in [0.3, 0.4) is 0 Å². The van der Waals surface area contributed by atoms with Crippen LogP contribution in [-0.4, -0.2) is 26.2 Å². The zero-order chi connectivity index (χ0) is 7.45. The highest BCUT2D eigenvalue weighted by molar-refractivity contribution is 4.92. The predicted molar refractivity (Wildman–Crippen MR) is 44.2 cm³/mol. The van der Waals surface area contributed by atoms with E-state index in [1.807, 2.05) is 7.05 Å². The number of hydrogen-bond donors (Lipinski definition) is 2. The van der Waals surface area contributed by atoms with E-state index in [0.29, 0.717) is 5.54 Å². The van der Waals surface area contributed by atoms with Crippen molar-refractivity contribution >= 4 is 0 Å². The van der Waals surface area contributed by atoms with Crippen LogP contribution in [0, 0.1) is 0 Å². The Morgan fingerprint density at radius 1 is 1.20 bits per heavy atom. The smallest absolute Gasteiger partial charge is 0.0303 e. The molecule has 0 heterocycles. The van der Waals surface area contributed by atoms with Gasteiger partial charge in [0.1, 0.15) is 0 Å². The molecule has 2 heteroatoms. The highest BCUT2D eigenvalue weighted by Crippen LogP contribution is 2.28. The van der Waals surface area contributed by atoms with Gasteiger partial charge in [-0.2, -0.15) is 0 Å². The first-order valence-electron chi connectivity index (χ1n) is 4.16. The maximum atomic E-state index is 3.42. The lowest BCUT2D eigenvalue weighted by atomic mass is 9.98. The van der Waals surface area contributed by atoms with E-state index in [1.165, 1.54) is 25.7 Å². The SMILES string of the molecule is CNCC1(NC)CCCC1. The third-order valence-corrected chi connectivity index (χ3v) is 2.61. The summed E-state index contributed by atoms with van der Waals surface area (Å²) in [5.41, 5.74) is 0.425. The topological polar surface area (TPSA) is 24.1 Å². The molecule has 0 spiro atoms. The Bertz CT molecular complexity index is 95.4. The summed E-state index contributed by atoms with van der Waals surface area (Å²) in [7, 11) is 4.10. The lowest BCUT2D eigenvalue weighted by Gasteiger charge is -2.27. The molecule has 1 saturated carbocycles. The molecule has 2 nitrogen and oxygen atoms in total. The van der Waals surface area contributed by atoms with E-state index in [2.05, 4.69) is 17.7 Å². The highest BCUT2D eigenvalue weighted by Gasteiger charge is 2.30. The molecule has 10 heavy (non-hydrogen) atoms. The first kappa shape index (κ1) is 8.02. The monoisotopic (exact) mass is 142 g/mol. The van der Waals surface area contributed by atoms with Crippen LogP contribution in [0.5, 0.6) is 0 Å². The van der Waals surface area contributed by atoms with Crippen LogP contribution in [0.25, 0.3) is 0 Å². The summed E-state index contributed by atoms with van der Waals surface area (Å²) in [6.07, 6.45) is 5.46. The van der Waals surface area contributed by atoms with Gasteiger partial charge >= 0.3 is 0 Å². The van der Waals surface area contributed by atoms with E-state index >= 15 is 0 Å². The molecular formula is C8H18N2. The molecule has 0 amide bonds. The lowest BCUT2D eigenvalue weighted by molar-refractivity contribution is 0.348. The largest absolute Gasteiger partial charge is 0.318 e. The van der Waals surface area contributed by atoms with Crippen LogP contribution in [-0.2, 0) is 0 Å². The molecule has 0 bridgehead atoms. The molecule has 0 aliphatic heterocycles. The van der Waals surface area contributed by atoms with Gasteiger partial charge in [-0.05, 0) is 26.9 Å². The summed E-state index contributed by atoms with van der Waals surface area (Å²) in [5, 5.41) is 6.65. The van der Waals surface area contributed by atoms with Gasteiger partial charge in [0.2, 0.25) is 0 Å². The highest BCUT2D eigenvalue weighted by atomic mass is 15.0. The summed E-state index contributed by atoms with van der Waals surface area (Å²) < 4.78 is 0. The Balaban J connectivity index is 2.41. The van der Waals surface area contributed by atoms with Gasteiger partial charge in [-0.3, -0.25) is 0 Å². The van der Waals surface area contributed by atoms with Crippen LogP contribution in [0.1, 0.15) is 25.7 Å². The predicted octanol–water partition coefficient (Wildman–Crippen LogP) is 0.738. The normalized spacial score (nSPS) is 23.4. The van der Waals surface area contributed by atoms with E-state index < -0.39 is 0 Å². The van der Waals surface area contributed by atoms with Gasteiger partial charge in [0.05, 0.1) is 0 Å². The zero-order valence-corrected chi connectivity index (χ0v) is 7.04. The van der Waals surface area contributed by atoms with Crippen LogP contribution in [0.2, 0.25) is 0 Å². The fourth-order valence-corrected chi connectivity index (χ4v) is 1.91. The second-order valence-electron chi connectivity index (χ2n) is 3.27. The van der Waals surface area contributed by atoms with Gasteiger partial charge in [-0.25, -0.2) is 0 Å². The molecule has 0 aromatic rings. The average Bonchev–Trinajstić information content (AvgIpc) is 2.39. The molecule has 2 N–H and O–H groups in total. The van der Waals surface area contributed by atoms with Crippen molar-refractivity contribution < 1.29 is 0 Å². The summed E-state index contributed by atoms with van der Waals surface area (Å²) in [6, 6.07) is 0. The molecule has 0 saturated heterocycles. The molecule has 0 aromatic carbocycles. The van der Waals surface area contributed by atoms with Crippen molar-refractivity contribution in [2.75, 3.05) is 20.6 Å². The Hall–Kier alpha value is -0.0800. The van der Waals surface area contributed by atoms with Crippen molar-refractivity contribution in [2.24, 2.45) is 0 Å². The summed E-state index contributed by atoms with van der Waals surface area (Å²) in [6.45, 7) is 1.11. The van der Waals surface area contributed by atoms with Crippen molar-refractivity contribution in [2.45, 2.75) is 31.2 Å². The quantitative estimate of drug-likeness (QED) is 0.607. The minimum absolute atomic E-state index is 0.425. The average molecular weight is 142 g/mol. The summed E-state index contributed by atoms with van der Waals surface area (Å²) in [5.74, 6) is 0. The molecule has 0 atom stereocenters. The van der Waals surface area contributed by atoms with Crippen LogP contribution >= 0.6 is 0 Å². The second kappa shape index (κ2) is 3.35. The fraction of sp³-hybridized carbons (Fsp3) is 1.00. The van der Waals surface area contributed by atoms with E-state index in [-0.39, 0.29) is 0 Å². The fourth-order valence-electron chi connectivity index (χ4n) is 1.91. The first-order chi connectivity index (χ1) is 4.83. The summed E-state index contributed by atoms with van der Waals surface area (Å²) >= 11 is 0. The minimum atomic E-state index is 0.425. The molecule has 0 aromatic heterocycles. The molecule has 0 radical (unpaired) electrons. The molecule has 1 fully saturated rings. The van der Waals surface area contributed by atoms with Crippen molar-refractivity contribution in [3.63, 3.8) is 0 Å². The zero-order valence-electron chi connectivity index (χ0n) is 7.04. The van der Waals surface area contributed by atoms with Crippen LogP contribution in [0.4, 0.5) is 0 Å². The maximum absolute atomic E-state index is 3.42. The van der Waals surface area contributed by atoms with Gasteiger partial charge in [0, 0.05) is 12.1 Å². The summed E-state index contributed by atoms with van der Waals surface area (Å²) in [4.78, 5) is 0. The standard InChI is InChI=1S/C8H18N2/c1-9-7-8(10-2)5-3-4-6-8/h9-10H,3-7H2,1-2H3. The third-order valence-electron chi connectivity index (χ3n) is 2.61. The van der Waals surface area contributed by atoms with E-state index in [9.17, 15) is 0 Å². The van der Waals surface area contributed by atoms with E-state index in [4.69, 9.17) is 0 Å². The number of rotatable bonds is 3. The van der Waals surface area contributed by atoms with Gasteiger partial charge in [0.25, 0.3) is 0 Å². The Morgan fingerprint density at radius 2 is 1.80 bits per heavy atom. The molecule has 0 unspecified atom stereocenters. The number of likely N-dealkylation sites (N-methyl/N-ethyl adjacent to an activating group) is 2. The van der Waals surface area contributed by atoms with Crippen molar-refractivity contribution in [1.82, 2.24) is 10.6 Å². The first-order valence-corrected chi connectivity index (χ1v) is 4.16. The lowest BCUT2D eigenvalue weighted by Crippen LogP contribution is -2.47. The van der Waals surface area contributed by atoms with Gasteiger partial charge in [-0.15, -0.1) is 0 Å². The molecule has 1 rings (SSSR count). The molecular weight excluding hydrogens is 124 g/mol. The van der Waals surface area contributed by atoms with Crippen LogP contribution < -0.4 is 10.6 Å². The number of hydrogen-bond acceptors (Lipinski definition) is 2. The Kier molecular flexibility index (Phi) is 2.69. The van der Waals surface area contributed by atoms with Gasteiger partial charge in [-0.1, -0.05) is 12.8 Å². The maximum Gasteiger partial charge on any atom is 0.0303 e. The Morgan fingerprint density at radius 3 is 2.20 bits per heavy atom. The second-order valence-corrected chi connectivity index (χ2v) is 3.27.